The molecule has 4 nitrogen and oxygen atoms in total. The van der Waals surface area contributed by atoms with Crippen LogP contribution in [0.25, 0.3) is 0 Å². The van der Waals surface area contributed by atoms with Gasteiger partial charge in [0.05, 0.1) is 11.7 Å². The van der Waals surface area contributed by atoms with Crippen molar-refractivity contribution in [2.45, 2.75) is 44.4 Å². The van der Waals surface area contributed by atoms with Crippen LogP contribution < -0.4 is 10.2 Å². The molecule has 33 heavy (non-hydrogen) atoms. The standard InChI is InChI=1S/C28H30N2O2S/c1-4-23(20-10-6-5-7-11-20)27(32)29-22-16-14-21(15-17-22)28-30(26(31)18-33-28)25-13-9-8-12-24(25)19(2)3/h5-17,19,23,28H,4,18H2,1-3H3,(H,29,32)/t23-,28+/m1/s1. The van der Waals surface area contributed by atoms with Gasteiger partial charge in [0, 0.05) is 11.4 Å². The number of nitrogens with zero attached hydrogens (tertiary/aromatic N) is 1. The van der Waals surface area contributed by atoms with Gasteiger partial charge in [-0.05, 0) is 47.2 Å². The lowest BCUT2D eigenvalue weighted by atomic mass is 9.95. The van der Waals surface area contributed by atoms with Crippen molar-refractivity contribution in [2.75, 3.05) is 16.0 Å². The monoisotopic (exact) mass is 458 g/mol. The number of hydrogen-bond acceptors (Lipinski definition) is 3. The molecule has 0 unspecified atom stereocenters. The van der Waals surface area contributed by atoms with Gasteiger partial charge in [0.1, 0.15) is 5.37 Å². The van der Waals surface area contributed by atoms with Crippen molar-refractivity contribution < 1.29 is 9.59 Å². The van der Waals surface area contributed by atoms with Crippen LogP contribution in [-0.4, -0.2) is 17.6 Å². The van der Waals surface area contributed by atoms with Crippen LogP contribution in [0.5, 0.6) is 0 Å². The summed E-state index contributed by atoms with van der Waals surface area (Å²) >= 11 is 1.64. The average Bonchev–Trinajstić information content (AvgIpc) is 3.22. The second kappa shape index (κ2) is 10.3. The quantitative estimate of drug-likeness (QED) is 0.427. The third-order valence-corrected chi connectivity index (χ3v) is 7.29. The van der Waals surface area contributed by atoms with Crippen LogP contribution in [-0.2, 0) is 9.59 Å². The number of carbonyl (C=O) groups excluding carboxylic acids is 2. The Hall–Kier alpha value is -3.05. The molecule has 0 spiro atoms. The van der Waals surface area contributed by atoms with Crippen molar-refractivity contribution in [2.24, 2.45) is 0 Å². The Balaban J connectivity index is 1.53. The molecule has 170 valence electrons. The van der Waals surface area contributed by atoms with Gasteiger partial charge in [0.25, 0.3) is 0 Å². The van der Waals surface area contributed by atoms with Gasteiger partial charge in [-0.1, -0.05) is 81.4 Å². The summed E-state index contributed by atoms with van der Waals surface area (Å²) in [4.78, 5) is 27.7. The van der Waals surface area contributed by atoms with Gasteiger partial charge in [-0.25, -0.2) is 0 Å². The third kappa shape index (κ3) is 4.98. The predicted octanol–water partition coefficient (Wildman–Crippen LogP) is 6.72. The Bertz CT molecular complexity index is 1110. The number of thioether (sulfide) groups is 1. The zero-order valence-electron chi connectivity index (χ0n) is 19.3. The molecule has 3 aromatic rings. The topological polar surface area (TPSA) is 49.4 Å². The molecule has 0 aromatic heterocycles. The van der Waals surface area contributed by atoms with E-state index < -0.39 is 0 Å². The first kappa shape index (κ1) is 23.1. The number of para-hydroxylation sites is 1. The summed E-state index contributed by atoms with van der Waals surface area (Å²) in [7, 11) is 0. The molecule has 2 amide bonds. The lowest BCUT2D eigenvalue weighted by molar-refractivity contribution is -0.118. The van der Waals surface area contributed by atoms with Gasteiger partial charge in [-0.2, -0.15) is 0 Å². The minimum atomic E-state index is -0.183. The maximum Gasteiger partial charge on any atom is 0.238 e. The largest absolute Gasteiger partial charge is 0.326 e. The normalized spacial score (nSPS) is 16.8. The molecule has 1 N–H and O–H groups in total. The van der Waals surface area contributed by atoms with E-state index in [1.807, 2.05) is 84.6 Å². The number of anilines is 2. The summed E-state index contributed by atoms with van der Waals surface area (Å²) in [6.45, 7) is 6.33. The van der Waals surface area contributed by atoms with E-state index in [9.17, 15) is 9.59 Å². The lowest BCUT2D eigenvalue weighted by Crippen LogP contribution is -2.29. The first-order valence-electron chi connectivity index (χ1n) is 11.5. The van der Waals surface area contributed by atoms with E-state index in [2.05, 4.69) is 25.2 Å². The fourth-order valence-electron chi connectivity index (χ4n) is 4.34. The average molecular weight is 459 g/mol. The maximum atomic E-state index is 12.9. The van der Waals surface area contributed by atoms with E-state index in [4.69, 9.17) is 0 Å². The van der Waals surface area contributed by atoms with Gasteiger partial charge in [0.15, 0.2) is 0 Å². The first-order chi connectivity index (χ1) is 16.0. The highest BCUT2D eigenvalue weighted by Gasteiger charge is 2.35. The molecule has 2 atom stereocenters. The van der Waals surface area contributed by atoms with Gasteiger partial charge >= 0.3 is 0 Å². The molecule has 1 heterocycles. The van der Waals surface area contributed by atoms with Crippen molar-refractivity contribution in [3.8, 4) is 0 Å². The Morgan fingerprint density at radius 3 is 2.33 bits per heavy atom. The molecule has 0 saturated carbocycles. The molecule has 1 aliphatic rings. The molecule has 0 aliphatic carbocycles. The van der Waals surface area contributed by atoms with E-state index in [1.165, 1.54) is 5.56 Å². The second-order valence-electron chi connectivity index (χ2n) is 8.62. The number of hydrogen-bond donors (Lipinski definition) is 1. The maximum absolute atomic E-state index is 12.9. The smallest absolute Gasteiger partial charge is 0.238 e. The van der Waals surface area contributed by atoms with E-state index in [0.717, 1.165) is 28.9 Å². The Labute approximate surface area is 200 Å². The van der Waals surface area contributed by atoms with Crippen molar-refractivity contribution in [3.63, 3.8) is 0 Å². The fraction of sp³-hybridized carbons (Fsp3) is 0.286. The van der Waals surface area contributed by atoms with E-state index >= 15 is 0 Å². The van der Waals surface area contributed by atoms with Gasteiger partial charge in [0.2, 0.25) is 11.8 Å². The molecule has 0 bridgehead atoms. The zero-order valence-corrected chi connectivity index (χ0v) is 20.1. The summed E-state index contributed by atoms with van der Waals surface area (Å²) in [5.74, 6) is 0.731. The summed E-state index contributed by atoms with van der Waals surface area (Å²) in [5, 5.41) is 2.98. The Kier molecular flexibility index (Phi) is 7.19. The second-order valence-corrected chi connectivity index (χ2v) is 9.69. The van der Waals surface area contributed by atoms with Crippen LogP contribution in [0.15, 0.2) is 78.9 Å². The SMILES string of the molecule is CC[C@@H](C(=O)Nc1ccc([C@@H]2SCC(=O)N2c2ccccc2C(C)C)cc1)c1ccccc1. The Morgan fingerprint density at radius 1 is 1.00 bits per heavy atom. The summed E-state index contributed by atoms with van der Waals surface area (Å²) in [6.07, 6.45) is 0.735. The summed E-state index contributed by atoms with van der Waals surface area (Å²) in [6, 6.07) is 25.9. The highest BCUT2D eigenvalue weighted by Crippen LogP contribution is 2.44. The highest BCUT2D eigenvalue weighted by atomic mass is 32.2. The van der Waals surface area contributed by atoms with Crippen LogP contribution in [0.3, 0.4) is 0 Å². The van der Waals surface area contributed by atoms with Gasteiger partial charge in [-0.3, -0.25) is 14.5 Å². The van der Waals surface area contributed by atoms with Crippen LogP contribution in [0.1, 0.15) is 61.1 Å². The highest BCUT2D eigenvalue weighted by molar-refractivity contribution is 8.00. The third-order valence-electron chi connectivity index (χ3n) is 6.08. The van der Waals surface area contributed by atoms with E-state index in [1.54, 1.807) is 11.8 Å². The van der Waals surface area contributed by atoms with Crippen molar-refractivity contribution in [1.29, 1.82) is 0 Å². The molecule has 3 aromatic carbocycles. The van der Waals surface area contributed by atoms with E-state index in [0.29, 0.717) is 11.7 Å². The van der Waals surface area contributed by atoms with Crippen LogP contribution in [0, 0.1) is 0 Å². The van der Waals surface area contributed by atoms with Crippen molar-refractivity contribution in [1.82, 2.24) is 0 Å². The van der Waals surface area contributed by atoms with E-state index in [-0.39, 0.29) is 23.1 Å². The van der Waals surface area contributed by atoms with Crippen LogP contribution >= 0.6 is 11.8 Å². The Morgan fingerprint density at radius 2 is 1.67 bits per heavy atom. The minimum absolute atomic E-state index is 0.00523. The predicted molar refractivity (Wildman–Crippen MR) is 138 cm³/mol. The number of amides is 2. The zero-order chi connectivity index (χ0) is 23.4. The number of rotatable bonds is 7. The molecule has 1 aliphatic heterocycles. The number of nitrogens with one attached hydrogen (secondary N) is 1. The first-order valence-corrected chi connectivity index (χ1v) is 12.5. The van der Waals surface area contributed by atoms with Crippen LogP contribution in [0.2, 0.25) is 0 Å². The molecular weight excluding hydrogens is 428 g/mol. The molecule has 5 heteroatoms. The fourth-order valence-corrected chi connectivity index (χ4v) is 5.51. The summed E-state index contributed by atoms with van der Waals surface area (Å²) in [5.41, 5.74) is 5.00. The van der Waals surface area contributed by atoms with Crippen molar-refractivity contribution in [3.05, 3.63) is 95.6 Å². The molecule has 1 fully saturated rings. The number of carbonyl (C=O) groups is 2. The summed E-state index contributed by atoms with van der Waals surface area (Å²) < 4.78 is 0. The van der Waals surface area contributed by atoms with Gasteiger partial charge < -0.3 is 5.32 Å². The molecule has 1 saturated heterocycles. The number of benzene rings is 3. The van der Waals surface area contributed by atoms with Crippen molar-refractivity contribution >= 4 is 35.0 Å². The lowest BCUT2D eigenvalue weighted by Gasteiger charge is -2.27. The minimum Gasteiger partial charge on any atom is -0.326 e. The van der Waals surface area contributed by atoms with Gasteiger partial charge in [-0.15, -0.1) is 11.8 Å². The van der Waals surface area contributed by atoms with Crippen LogP contribution in [0.4, 0.5) is 11.4 Å². The molecule has 0 radical (unpaired) electrons. The molecular formula is C28H30N2O2S. The molecule has 4 rings (SSSR count).